The smallest absolute Gasteiger partial charge is 0.340 e. The molecule has 138 valence electrons. The Labute approximate surface area is 156 Å². The minimum atomic E-state index is -0.409. The summed E-state index contributed by atoms with van der Waals surface area (Å²) in [6, 6.07) is 5.95. The molecule has 0 unspecified atom stereocenters. The largest absolute Gasteiger partial charge is 0.455 e. The number of pyridine rings is 2. The van der Waals surface area contributed by atoms with Gasteiger partial charge in [-0.3, -0.25) is 0 Å². The summed E-state index contributed by atoms with van der Waals surface area (Å²) in [5, 5.41) is 5.18. The summed E-state index contributed by atoms with van der Waals surface area (Å²) in [5.74, 6) is -0.409. The molecule has 4 heterocycles. The van der Waals surface area contributed by atoms with E-state index in [1.807, 2.05) is 61.3 Å². The molecule has 0 N–H and O–H groups in total. The lowest BCUT2D eigenvalue weighted by Gasteiger charge is -2.09. The Kier molecular flexibility index (Phi) is 4.14. The highest BCUT2D eigenvalue weighted by Gasteiger charge is 2.17. The van der Waals surface area contributed by atoms with E-state index in [0.717, 1.165) is 22.2 Å². The summed E-state index contributed by atoms with van der Waals surface area (Å²) in [6.45, 7) is 8.01. The van der Waals surface area contributed by atoms with Crippen LogP contribution in [0.3, 0.4) is 0 Å². The third kappa shape index (κ3) is 3.05. The lowest BCUT2D eigenvalue weighted by molar-refractivity contribution is 0.0467. The Balaban J connectivity index is 1.57. The standard InChI is InChI=1S/C20H21N5O2/c1-12(2)25-19-15(9-21-25)8-17(14(4)22-19)20(26)27-11-16-10-24-7-5-6-13(3)18(24)23-16/h5-10,12H,11H2,1-4H3. The average Bonchev–Trinajstić information content (AvgIpc) is 3.23. The van der Waals surface area contributed by atoms with Gasteiger partial charge in [-0.15, -0.1) is 0 Å². The van der Waals surface area contributed by atoms with E-state index in [0.29, 0.717) is 17.0 Å². The molecule has 7 heteroatoms. The number of aromatic nitrogens is 5. The van der Waals surface area contributed by atoms with Crippen LogP contribution in [0.5, 0.6) is 0 Å². The number of esters is 1. The molecular formula is C20H21N5O2. The first kappa shape index (κ1) is 17.2. The first-order valence-corrected chi connectivity index (χ1v) is 8.89. The highest BCUT2D eigenvalue weighted by molar-refractivity contribution is 5.94. The third-order valence-corrected chi connectivity index (χ3v) is 4.55. The molecule has 0 spiro atoms. The van der Waals surface area contributed by atoms with E-state index in [-0.39, 0.29) is 12.6 Å². The molecular weight excluding hydrogens is 342 g/mol. The van der Waals surface area contributed by atoms with E-state index in [9.17, 15) is 4.79 Å². The maximum atomic E-state index is 12.6. The number of fused-ring (bicyclic) bond motifs is 2. The second-order valence-electron chi connectivity index (χ2n) is 6.95. The van der Waals surface area contributed by atoms with Crippen LogP contribution in [0.2, 0.25) is 0 Å². The lowest BCUT2D eigenvalue weighted by Crippen LogP contribution is -2.10. The fourth-order valence-electron chi connectivity index (χ4n) is 3.14. The monoisotopic (exact) mass is 363 g/mol. The molecule has 27 heavy (non-hydrogen) atoms. The second-order valence-corrected chi connectivity index (χ2v) is 6.95. The predicted octanol–water partition coefficient (Wildman–Crippen LogP) is 3.63. The van der Waals surface area contributed by atoms with Crippen LogP contribution in [0.25, 0.3) is 16.7 Å². The average molecular weight is 363 g/mol. The Morgan fingerprint density at radius 1 is 1.22 bits per heavy atom. The van der Waals surface area contributed by atoms with Gasteiger partial charge in [0, 0.05) is 23.8 Å². The van der Waals surface area contributed by atoms with Crippen molar-refractivity contribution in [2.45, 2.75) is 40.3 Å². The van der Waals surface area contributed by atoms with Gasteiger partial charge in [-0.2, -0.15) is 5.10 Å². The van der Waals surface area contributed by atoms with Crippen LogP contribution in [0.4, 0.5) is 0 Å². The van der Waals surface area contributed by atoms with Gasteiger partial charge in [-0.25, -0.2) is 19.4 Å². The Hall–Kier alpha value is -3.22. The van der Waals surface area contributed by atoms with Gasteiger partial charge in [0.2, 0.25) is 0 Å². The molecule has 4 aromatic heterocycles. The van der Waals surface area contributed by atoms with Crippen LogP contribution >= 0.6 is 0 Å². The van der Waals surface area contributed by atoms with Gasteiger partial charge < -0.3 is 9.14 Å². The van der Waals surface area contributed by atoms with E-state index in [4.69, 9.17) is 4.74 Å². The van der Waals surface area contributed by atoms with Crippen molar-refractivity contribution in [3.8, 4) is 0 Å². The van der Waals surface area contributed by atoms with Crippen molar-refractivity contribution in [3.63, 3.8) is 0 Å². The van der Waals surface area contributed by atoms with Crippen molar-refractivity contribution in [2.24, 2.45) is 0 Å². The summed E-state index contributed by atoms with van der Waals surface area (Å²) in [4.78, 5) is 21.7. The molecule has 0 amide bonds. The summed E-state index contributed by atoms with van der Waals surface area (Å²) in [7, 11) is 0. The minimum Gasteiger partial charge on any atom is -0.455 e. The van der Waals surface area contributed by atoms with Crippen molar-refractivity contribution < 1.29 is 9.53 Å². The van der Waals surface area contributed by atoms with Gasteiger partial charge in [0.25, 0.3) is 0 Å². The molecule has 4 aromatic rings. The van der Waals surface area contributed by atoms with Crippen LogP contribution in [0.15, 0.2) is 36.8 Å². The van der Waals surface area contributed by atoms with Gasteiger partial charge in [0.15, 0.2) is 5.65 Å². The number of aryl methyl sites for hydroxylation is 2. The Bertz CT molecular complexity index is 1160. The number of carbonyl (C=O) groups excluding carboxylic acids is 1. The number of imidazole rings is 1. The zero-order valence-electron chi connectivity index (χ0n) is 15.8. The fourth-order valence-corrected chi connectivity index (χ4v) is 3.14. The molecule has 0 aliphatic rings. The Morgan fingerprint density at radius 3 is 2.78 bits per heavy atom. The van der Waals surface area contributed by atoms with E-state index in [1.165, 1.54) is 0 Å². The van der Waals surface area contributed by atoms with E-state index in [1.54, 1.807) is 12.3 Å². The van der Waals surface area contributed by atoms with Crippen molar-refractivity contribution >= 4 is 22.6 Å². The molecule has 0 aliphatic heterocycles. The first-order chi connectivity index (χ1) is 12.9. The van der Waals surface area contributed by atoms with Crippen LogP contribution < -0.4 is 0 Å². The molecule has 4 rings (SSSR count). The molecule has 7 nitrogen and oxygen atoms in total. The molecule has 0 saturated heterocycles. The summed E-state index contributed by atoms with van der Waals surface area (Å²) < 4.78 is 9.26. The van der Waals surface area contributed by atoms with Crippen LogP contribution in [0.1, 0.15) is 47.2 Å². The summed E-state index contributed by atoms with van der Waals surface area (Å²) >= 11 is 0. The molecule has 0 aliphatic carbocycles. The van der Waals surface area contributed by atoms with Crippen molar-refractivity contribution in [2.75, 3.05) is 0 Å². The van der Waals surface area contributed by atoms with Crippen LogP contribution in [-0.4, -0.2) is 30.1 Å². The SMILES string of the molecule is Cc1nc2c(cnn2C(C)C)cc1C(=O)OCc1cn2cccc(C)c2n1. The predicted molar refractivity (Wildman–Crippen MR) is 102 cm³/mol. The van der Waals surface area contributed by atoms with Crippen molar-refractivity contribution in [1.82, 2.24) is 24.1 Å². The molecule has 0 bridgehead atoms. The molecule has 0 atom stereocenters. The number of hydrogen-bond acceptors (Lipinski definition) is 5. The quantitative estimate of drug-likeness (QED) is 0.518. The summed E-state index contributed by atoms with van der Waals surface area (Å²) in [5.41, 5.74) is 4.49. The lowest BCUT2D eigenvalue weighted by atomic mass is 10.2. The number of nitrogens with zero attached hydrogens (tertiary/aromatic N) is 5. The van der Waals surface area contributed by atoms with Gasteiger partial charge in [0.05, 0.1) is 23.1 Å². The van der Waals surface area contributed by atoms with Gasteiger partial charge in [-0.1, -0.05) is 6.07 Å². The van der Waals surface area contributed by atoms with E-state index < -0.39 is 5.97 Å². The topological polar surface area (TPSA) is 74.3 Å². The summed E-state index contributed by atoms with van der Waals surface area (Å²) in [6.07, 6.45) is 5.52. The highest BCUT2D eigenvalue weighted by Crippen LogP contribution is 2.20. The van der Waals surface area contributed by atoms with E-state index in [2.05, 4.69) is 15.1 Å². The van der Waals surface area contributed by atoms with Crippen LogP contribution in [-0.2, 0) is 11.3 Å². The normalized spacial score (nSPS) is 11.6. The van der Waals surface area contributed by atoms with Crippen molar-refractivity contribution in [1.29, 1.82) is 0 Å². The zero-order chi connectivity index (χ0) is 19.1. The molecule has 0 saturated carbocycles. The number of hydrogen-bond donors (Lipinski definition) is 0. The maximum absolute atomic E-state index is 12.6. The number of ether oxygens (including phenoxy) is 1. The molecule has 0 radical (unpaired) electrons. The molecule has 0 aromatic carbocycles. The van der Waals surface area contributed by atoms with Crippen LogP contribution in [0, 0.1) is 13.8 Å². The maximum Gasteiger partial charge on any atom is 0.340 e. The first-order valence-electron chi connectivity index (χ1n) is 8.89. The second kappa shape index (κ2) is 6.50. The van der Waals surface area contributed by atoms with Crippen molar-refractivity contribution in [3.05, 3.63) is 59.3 Å². The Morgan fingerprint density at radius 2 is 2.04 bits per heavy atom. The number of carbonyl (C=O) groups is 1. The third-order valence-electron chi connectivity index (χ3n) is 4.55. The minimum absolute atomic E-state index is 0.114. The number of rotatable bonds is 4. The van der Waals surface area contributed by atoms with Gasteiger partial charge >= 0.3 is 5.97 Å². The highest BCUT2D eigenvalue weighted by atomic mass is 16.5. The fraction of sp³-hybridized carbons (Fsp3) is 0.300. The molecule has 0 fully saturated rings. The zero-order valence-corrected chi connectivity index (χ0v) is 15.8. The van der Waals surface area contributed by atoms with Gasteiger partial charge in [-0.05, 0) is 45.4 Å². The van der Waals surface area contributed by atoms with Gasteiger partial charge in [0.1, 0.15) is 12.3 Å². The van der Waals surface area contributed by atoms with E-state index >= 15 is 0 Å².